The Morgan fingerprint density at radius 2 is 2.35 bits per heavy atom. The lowest BCUT2D eigenvalue weighted by Gasteiger charge is -2.15. The highest BCUT2D eigenvalue weighted by molar-refractivity contribution is 5.72. The fourth-order valence-corrected chi connectivity index (χ4v) is 2.05. The van der Waals surface area contributed by atoms with Crippen molar-refractivity contribution >= 4 is 11.0 Å². The maximum atomic E-state index is 9.88. The van der Waals surface area contributed by atoms with E-state index in [1.54, 1.807) is 12.4 Å². The van der Waals surface area contributed by atoms with Crippen molar-refractivity contribution in [2.24, 2.45) is 0 Å². The van der Waals surface area contributed by atoms with E-state index in [1.165, 1.54) is 11.0 Å². The monoisotopic (exact) mass is 236 g/mol. The first-order valence-electron chi connectivity index (χ1n) is 5.37. The highest BCUT2D eigenvalue weighted by Crippen LogP contribution is 2.29. The van der Waals surface area contributed by atoms with Gasteiger partial charge in [0.05, 0.1) is 24.3 Å². The van der Waals surface area contributed by atoms with Gasteiger partial charge >= 0.3 is 0 Å². The maximum absolute atomic E-state index is 9.88. The minimum Gasteiger partial charge on any atom is -0.394 e. The van der Waals surface area contributed by atoms with E-state index in [-0.39, 0.29) is 12.7 Å². The predicted octanol–water partition coefficient (Wildman–Crippen LogP) is -0.533. The molecule has 7 nitrogen and oxygen atoms in total. The summed E-state index contributed by atoms with van der Waals surface area (Å²) in [6.45, 7) is -0.109. The Kier molecular flexibility index (Phi) is 2.50. The summed E-state index contributed by atoms with van der Waals surface area (Å²) in [6.07, 6.45) is 3.45. The Morgan fingerprint density at radius 1 is 1.47 bits per heavy atom. The number of aliphatic hydroxyl groups is 2. The normalized spacial score (nSPS) is 28.9. The van der Waals surface area contributed by atoms with Crippen molar-refractivity contribution < 1.29 is 14.9 Å². The van der Waals surface area contributed by atoms with Gasteiger partial charge in [-0.05, 0) is 0 Å². The smallest absolute Gasteiger partial charge is 0.178 e. The van der Waals surface area contributed by atoms with Gasteiger partial charge in [0.1, 0.15) is 12.4 Å². The molecule has 2 aromatic heterocycles. The lowest BCUT2D eigenvalue weighted by atomic mass is 10.2. The van der Waals surface area contributed by atoms with Crippen LogP contribution in [0.5, 0.6) is 0 Å². The van der Waals surface area contributed by atoms with Crippen LogP contribution < -0.4 is 0 Å². The molecule has 7 heteroatoms. The summed E-state index contributed by atoms with van der Waals surface area (Å²) in [5.74, 6) is 0. The van der Waals surface area contributed by atoms with E-state index in [0.29, 0.717) is 12.1 Å². The number of fused-ring (bicyclic) bond motifs is 1. The number of ether oxygens (including phenoxy) is 1. The Labute approximate surface area is 96.7 Å². The van der Waals surface area contributed by atoms with Gasteiger partial charge in [-0.2, -0.15) is 5.10 Å². The largest absolute Gasteiger partial charge is 0.394 e. The summed E-state index contributed by atoms with van der Waals surface area (Å²) in [5.41, 5.74) is 0.614. The highest BCUT2D eigenvalue weighted by Gasteiger charge is 2.36. The number of rotatable bonds is 2. The van der Waals surface area contributed by atoms with E-state index in [0.717, 1.165) is 5.39 Å². The van der Waals surface area contributed by atoms with Crippen LogP contribution in [0.4, 0.5) is 0 Å². The quantitative estimate of drug-likeness (QED) is 0.728. The number of aromatic nitrogens is 4. The van der Waals surface area contributed by atoms with Crippen LogP contribution in [0.15, 0.2) is 18.7 Å². The molecule has 0 amide bonds. The van der Waals surface area contributed by atoms with Crippen molar-refractivity contribution in [1.82, 2.24) is 19.7 Å². The van der Waals surface area contributed by atoms with Crippen LogP contribution in [0.2, 0.25) is 0 Å². The van der Waals surface area contributed by atoms with Gasteiger partial charge in [-0.15, -0.1) is 0 Å². The van der Waals surface area contributed by atoms with Gasteiger partial charge in [0.25, 0.3) is 0 Å². The molecule has 0 radical (unpaired) electrons. The summed E-state index contributed by atoms with van der Waals surface area (Å²) >= 11 is 0. The SMILES string of the molecule is OC[C@@H]1C[C@H](O)[C@H](n2ncc3cncnc32)O1. The summed E-state index contributed by atoms with van der Waals surface area (Å²) in [5, 5.41) is 23.8. The number of hydrogen-bond acceptors (Lipinski definition) is 6. The molecular weight excluding hydrogens is 224 g/mol. The lowest BCUT2D eigenvalue weighted by molar-refractivity contribution is -0.0548. The highest BCUT2D eigenvalue weighted by atomic mass is 16.5. The average Bonchev–Trinajstić information content (AvgIpc) is 2.92. The summed E-state index contributed by atoms with van der Waals surface area (Å²) in [6, 6.07) is 0. The molecule has 17 heavy (non-hydrogen) atoms. The Balaban J connectivity index is 1.99. The fourth-order valence-electron chi connectivity index (χ4n) is 2.05. The molecule has 0 spiro atoms. The second kappa shape index (κ2) is 4.02. The standard InChI is InChI=1S/C10H12N4O3/c15-4-7-1-8(16)10(17-7)14-9-6(3-13-14)2-11-5-12-9/h2-3,5,7-8,10,15-16H,1,4H2/t7-,8-,10+/m0/s1. The molecule has 1 aliphatic heterocycles. The minimum absolute atomic E-state index is 0.109. The van der Waals surface area contributed by atoms with Gasteiger partial charge in [-0.3, -0.25) is 0 Å². The van der Waals surface area contributed by atoms with Crippen molar-refractivity contribution in [3.05, 3.63) is 18.7 Å². The minimum atomic E-state index is -0.690. The van der Waals surface area contributed by atoms with E-state index >= 15 is 0 Å². The molecule has 2 aromatic rings. The molecule has 0 aromatic carbocycles. The molecule has 1 aliphatic rings. The third-order valence-corrected chi connectivity index (χ3v) is 2.87. The van der Waals surface area contributed by atoms with Gasteiger partial charge in [-0.1, -0.05) is 0 Å². The number of hydrogen-bond donors (Lipinski definition) is 2. The molecule has 3 rings (SSSR count). The van der Waals surface area contributed by atoms with Crippen molar-refractivity contribution in [3.8, 4) is 0 Å². The third-order valence-electron chi connectivity index (χ3n) is 2.87. The van der Waals surface area contributed by atoms with E-state index in [2.05, 4.69) is 15.1 Å². The third kappa shape index (κ3) is 1.68. The van der Waals surface area contributed by atoms with Gasteiger partial charge in [-0.25, -0.2) is 14.6 Å². The maximum Gasteiger partial charge on any atom is 0.178 e. The van der Waals surface area contributed by atoms with Crippen LogP contribution in [0.25, 0.3) is 11.0 Å². The second-order valence-electron chi connectivity index (χ2n) is 4.03. The molecule has 3 atom stereocenters. The molecule has 3 heterocycles. The van der Waals surface area contributed by atoms with Gasteiger partial charge in [0.15, 0.2) is 11.9 Å². The topological polar surface area (TPSA) is 93.3 Å². The first-order chi connectivity index (χ1) is 8.29. The van der Waals surface area contributed by atoms with Crippen molar-refractivity contribution in [1.29, 1.82) is 0 Å². The Bertz CT molecular complexity index is 529. The van der Waals surface area contributed by atoms with Crippen LogP contribution >= 0.6 is 0 Å². The van der Waals surface area contributed by atoms with Crippen LogP contribution in [0.1, 0.15) is 12.6 Å². The summed E-state index contributed by atoms with van der Waals surface area (Å²) in [7, 11) is 0. The van der Waals surface area contributed by atoms with E-state index in [4.69, 9.17) is 9.84 Å². The van der Waals surface area contributed by atoms with Crippen LogP contribution in [0, 0.1) is 0 Å². The van der Waals surface area contributed by atoms with Crippen molar-refractivity contribution in [2.75, 3.05) is 6.61 Å². The van der Waals surface area contributed by atoms with Crippen molar-refractivity contribution in [3.63, 3.8) is 0 Å². The Hall–Kier alpha value is -1.57. The lowest BCUT2D eigenvalue weighted by Crippen LogP contribution is -2.21. The molecule has 2 N–H and O–H groups in total. The first kappa shape index (κ1) is 10.6. The number of nitrogens with zero attached hydrogens (tertiary/aromatic N) is 4. The summed E-state index contributed by atoms with van der Waals surface area (Å²) in [4.78, 5) is 8.00. The van der Waals surface area contributed by atoms with E-state index < -0.39 is 12.3 Å². The Morgan fingerprint density at radius 3 is 3.12 bits per heavy atom. The van der Waals surface area contributed by atoms with E-state index in [1.807, 2.05) is 0 Å². The van der Waals surface area contributed by atoms with Crippen LogP contribution in [-0.2, 0) is 4.74 Å². The molecule has 90 valence electrons. The predicted molar refractivity (Wildman–Crippen MR) is 56.9 cm³/mol. The zero-order valence-corrected chi connectivity index (χ0v) is 8.97. The summed E-state index contributed by atoms with van der Waals surface area (Å²) < 4.78 is 7.04. The van der Waals surface area contributed by atoms with E-state index in [9.17, 15) is 5.11 Å². The fraction of sp³-hybridized carbons (Fsp3) is 0.500. The molecule has 0 bridgehead atoms. The van der Waals surface area contributed by atoms with Gasteiger partial charge in [0.2, 0.25) is 0 Å². The second-order valence-corrected chi connectivity index (χ2v) is 4.03. The van der Waals surface area contributed by atoms with Crippen molar-refractivity contribution in [2.45, 2.75) is 24.9 Å². The molecule has 0 unspecified atom stereocenters. The molecule has 0 saturated carbocycles. The molecular formula is C10H12N4O3. The van der Waals surface area contributed by atoms with Gasteiger partial charge in [0, 0.05) is 12.6 Å². The zero-order valence-electron chi connectivity index (χ0n) is 8.97. The molecule has 1 saturated heterocycles. The van der Waals surface area contributed by atoms with Gasteiger partial charge < -0.3 is 14.9 Å². The average molecular weight is 236 g/mol. The zero-order chi connectivity index (χ0) is 11.8. The first-order valence-corrected chi connectivity index (χ1v) is 5.37. The molecule has 0 aliphatic carbocycles. The van der Waals surface area contributed by atoms with Crippen LogP contribution in [0.3, 0.4) is 0 Å². The number of aliphatic hydroxyl groups excluding tert-OH is 2. The molecule has 1 fully saturated rings. The van der Waals surface area contributed by atoms with Crippen LogP contribution in [-0.4, -0.2) is 48.8 Å².